The van der Waals surface area contributed by atoms with Crippen molar-refractivity contribution in [1.82, 2.24) is 4.90 Å². The van der Waals surface area contributed by atoms with Gasteiger partial charge in [-0.3, -0.25) is 0 Å². The van der Waals surface area contributed by atoms with E-state index in [2.05, 4.69) is 0 Å². The van der Waals surface area contributed by atoms with E-state index in [1.807, 2.05) is 0 Å². The Hall–Kier alpha value is -2.31. The summed E-state index contributed by atoms with van der Waals surface area (Å²) in [5, 5.41) is 9.09. The molecule has 1 aliphatic heterocycles. The van der Waals surface area contributed by atoms with Crippen LogP contribution in [-0.2, 0) is 4.74 Å². The smallest absolute Gasteiger partial charge is 0.410 e. The van der Waals surface area contributed by atoms with Gasteiger partial charge < -0.3 is 19.5 Å². The number of hydrogen-bond acceptors (Lipinski definition) is 4. The summed E-state index contributed by atoms with van der Waals surface area (Å²) in [5.74, 6) is -1.90. The second-order valence-electron chi connectivity index (χ2n) is 6.83. The van der Waals surface area contributed by atoms with Gasteiger partial charge in [0, 0.05) is 6.54 Å². The van der Waals surface area contributed by atoms with Gasteiger partial charge in [0.25, 0.3) is 0 Å². The Balaban J connectivity index is 2.00. The fourth-order valence-electron chi connectivity index (χ4n) is 2.35. The van der Waals surface area contributed by atoms with Crippen molar-refractivity contribution in [2.75, 3.05) is 13.2 Å². The van der Waals surface area contributed by atoms with Crippen LogP contribution in [0.2, 0.25) is 0 Å². The van der Waals surface area contributed by atoms with E-state index in [1.165, 1.54) is 17.9 Å². The Morgan fingerprint density at radius 3 is 2.54 bits per heavy atom. The summed E-state index contributed by atoms with van der Waals surface area (Å²) in [6, 6.07) is 2.09. The molecule has 0 bridgehead atoms. The third-order valence-corrected chi connectivity index (χ3v) is 3.71. The number of ether oxygens (including phenoxy) is 2. The first-order valence-corrected chi connectivity index (χ1v) is 7.74. The van der Waals surface area contributed by atoms with Crippen molar-refractivity contribution in [1.29, 1.82) is 0 Å². The Labute approximate surface area is 140 Å². The average Bonchev–Trinajstić information content (AvgIpc) is 2.37. The predicted octanol–water partition coefficient (Wildman–Crippen LogP) is 3.22. The minimum atomic E-state index is -1.14. The molecule has 6 nitrogen and oxygen atoms in total. The number of carbonyl (C=O) groups excluding carboxylic acids is 1. The van der Waals surface area contributed by atoms with Crippen LogP contribution in [0.25, 0.3) is 0 Å². The first-order valence-electron chi connectivity index (χ1n) is 7.74. The molecular formula is C17H22FNO5. The van der Waals surface area contributed by atoms with Crippen molar-refractivity contribution in [2.45, 2.75) is 45.8 Å². The highest BCUT2D eigenvalue weighted by Gasteiger charge is 2.35. The molecule has 1 atom stereocenters. The number of halogens is 1. The standard InChI is InChI=1S/C17H22FNO5/c1-10-7-13(18)14(8-12(10)15(20)21)23-9-11-5-6-19(11)16(22)24-17(2,3)4/h7-8,11H,5-6,9H2,1-4H3,(H,20,21). The summed E-state index contributed by atoms with van der Waals surface area (Å²) in [6.45, 7) is 7.51. The molecule has 1 aromatic rings. The summed E-state index contributed by atoms with van der Waals surface area (Å²) in [5.41, 5.74) is -0.271. The highest BCUT2D eigenvalue weighted by Crippen LogP contribution is 2.26. The number of carboxylic acid groups (broad SMARTS) is 1. The van der Waals surface area contributed by atoms with Crippen molar-refractivity contribution in [3.63, 3.8) is 0 Å². The lowest BCUT2D eigenvalue weighted by Crippen LogP contribution is -2.55. The van der Waals surface area contributed by atoms with Crippen LogP contribution in [0.5, 0.6) is 5.75 Å². The molecule has 1 fully saturated rings. The second-order valence-corrected chi connectivity index (χ2v) is 6.83. The third kappa shape index (κ3) is 4.15. The van der Waals surface area contributed by atoms with Gasteiger partial charge in [-0.25, -0.2) is 14.0 Å². The van der Waals surface area contributed by atoms with Crippen LogP contribution in [0, 0.1) is 12.7 Å². The monoisotopic (exact) mass is 339 g/mol. The van der Waals surface area contributed by atoms with Gasteiger partial charge in [0.2, 0.25) is 0 Å². The highest BCUT2D eigenvalue weighted by atomic mass is 19.1. The molecule has 0 aliphatic carbocycles. The van der Waals surface area contributed by atoms with Gasteiger partial charge in [-0.05, 0) is 51.8 Å². The number of carboxylic acids is 1. The molecule has 1 heterocycles. The zero-order chi connectivity index (χ0) is 18.1. The zero-order valence-electron chi connectivity index (χ0n) is 14.3. The van der Waals surface area contributed by atoms with E-state index in [1.54, 1.807) is 20.8 Å². The summed E-state index contributed by atoms with van der Waals surface area (Å²) in [4.78, 5) is 24.7. The Morgan fingerprint density at radius 2 is 2.04 bits per heavy atom. The second kappa shape index (κ2) is 6.67. The summed E-state index contributed by atoms with van der Waals surface area (Å²) in [7, 11) is 0. The molecule has 0 aromatic heterocycles. The van der Waals surface area contributed by atoms with E-state index in [0.717, 1.165) is 12.5 Å². The van der Waals surface area contributed by atoms with Crippen molar-refractivity contribution in [3.05, 3.63) is 29.1 Å². The topological polar surface area (TPSA) is 76.1 Å². The van der Waals surface area contributed by atoms with Gasteiger partial charge >= 0.3 is 12.1 Å². The molecule has 24 heavy (non-hydrogen) atoms. The van der Waals surface area contributed by atoms with Gasteiger partial charge in [0.1, 0.15) is 12.2 Å². The predicted molar refractivity (Wildman–Crippen MR) is 84.9 cm³/mol. The maximum Gasteiger partial charge on any atom is 0.410 e. The lowest BCUT2D eigenvalue weighted by atomic mass is 10.1. The highest BCUT2D eigenvalue weighted by molar-refractivity contribution is 5.89. The molecule has 1 N–H and O–H groups in total. The number of benzene rings is 1. The average molecular weight is 339 g/mol. The van der Waals surface area contributed by atoms with E-state index in [4.69, 9.17) is 14.6 Å². The molecule has 1 unspecified atom stereocenters. The molecule has 0 radical (unpaired) electrons. The third-order valence-electron chi connectivity index (χ3n) is 3.71. The molecule has 2 rings (SSSR count). The number of likely N-dealkylation sites (tertiary alicyclic amines) is 1. The van der Waals surface area contributed by atoms with Gasteiger partial charge in [0.05, 0.1) is 11.6 Å². The van der Waals surface area contributed by atoms with Crippen LogP contribution in [0.15, 0.2) is 12.1 Å². The van der Waals surface area contributed by atoms with E-state index < -0.39 is 23.5 Å². The summed E-state index contributed by atoms with van der Waals surface area (Å²) >= 11 is 0. The molecule has 1 aliphatic rings. The van der Waals surface area contributed by atoms with Crippen LogP contribution in [0.3, 0.4) is 0 Å². The van der Waals surface area contributed by atoms with Crippen LogP contribution in [0.4, 0.5) is 9.18 Å². The first-order chi connectivity index (χ1) is 11.1. The fraction of sp³-hybridized carbons (Fsp3) is 0.529. The van der Waals surface area contributed by atoms with Crippen molar-refractivity contribution >= 4 is 12.1 Å². The summed E-state index contributed by atoms with van der Waals surface area (Å²) < 4.78 is 24.6. The molecule has 132 valence electrons. The Bertz CT molecular complexity index is 653. The normalized spacial score (nSPS) is 17.2. The number of carbonyl (C=O) groups is 2. The SMILES string of the molecule is Cc1cc(F)c(OCC2CCN2C(=O)OC(C)(C)C)cc1C(=O)O. The van der Waals surface area contributed by atoms with Crippen LogP contribution in [0.1, 0.15) is 43.1 Å². The van der Waals surface area contributed by atoms with Crippen LogP contribution < -0.4 is 4.74 Å². The minimum Gasteiger partial charge on any atom is -0.488 e. The Kier molecular flexibility index (Phi) is 5.01. The van der Waals surface area contributed by atoms with Gasteiger partial charge in [-0.1, -0.05) is 0 Å². The van der Waals surface area contributed by atoms with Crippen molar-refractivity contribution < 1.29 is 28.6 Å². The number of amides is 1. The quantitative estimate of drug-likeness (QED) is 0.911. The molecule has 0 spiro atoms. The molecule has 1 amide bonds. The number of nitrogens with zero attached hydrogens (tertiary/aromatic N) is 1. The summed E-state index contributed by atoms with van der Waals surface area (Å²) in [6.07, 6.45) is 0.288. The maximum absolute atomic E-state index is 13.9. The van der Waals surface area contributed by atoms with E-state index in [0.29, 0.717) is 12.1 Å². The van der Waals surface area contributed by atoms with Gasteiger partial charge in [-0.15, -0.1) is 0 Å². The Morgan fingerprint density at radius 1 is 1.38 bits per heavy atom. The van der Waals surface area contributed by atoms with Crippen LogP contribution >= 0.6 is 0 Å². The maximum atomic E-state index is 13.9. The molecule has 1 saturated heterocycles. The molecule has 1 aromatic carbocycles. The zero-order valence-corrected chi connectivity index (χ0v) is 14.3. The van der Waals surface area contributed by atoms with Crippen LogP contribution in [-0.4, -0.2) is 46.9 Å². The van der Waals surface area contributed by atoms with Crippen molar-refractivity contribution in [3.8, 4) is 5.75 Å². The van der Waals surface area contributed by atoms with E-state index >= 15 is 0 Å². The lowest BCUT2D eigenvalue weighted by molar-refractivity contribution is -0.0143. The van der Waals surface area contributed by atoms with E-state index in [9.17, 15) is 14.0 Å². The largest absolute Gasteiger partial charge is 0.488 e. The first kappa shape index (κ1) is 18.0. The minimum absolute atomic E-state index is 0.0102. The molecule has 0 saturated carbocycles. The number of aryl methyl sites for hydroxylation is 1. The van der Waals surface area contributed by atoms with Gasteiger partial charge in [-0.2, -0.15) is 0 Å². The number of hydrogen-bond donors (Lipinski definition) is 1. The van der Waals surface area contributed by atoms with E-state index in [-0.39, 0.29) is 24.0 Å². The van der Waals surface area contributed by atoms with Crippen molar-refractivity contribution in [2.24, 2.45) is 0 Å². The fourth-order valence-corrected chi connectivity index (χ4v) is 2.35. The number of aromatic carboxylic acids is 1. The number of rotatable bonds is 4. The molecular weight excluding hydrogens is 317 g/mol. The lowest BCUT2D eigenvalue weighted by Gasteiger charge is -2.41. The van der Waals surface area contributed by atoms with Gasteiger partial charge in [0.15, 0.2) is 11.6 Å². The molecule has 7 heteroatoms.